The normalized spacial score (nSPS) is 13.3. The van der Waals surface area contributed by atoms with E-state index in [-0.39, 0.29) is 18.6 Å². The Morgan fingerprint density at radius 2 is 2.08 bits per heavy atom. The highest BCUT2D eigenvalue weighted by Crippen LogP contribution is 2.15. The summed E-state index contributed by atoms with van der Waals surface area (Å²) < 4.78 is 7.75. The van der Waals surface area contributed by atoms with Gasteiger partial charge in [-0.3, -0.25) is 4.79 Å². The fourth-order valence-electron chi connectivity index (χ4n) is 2.53. The van der Waals surface area contributed by atoms with Crippen LogP contribution >= 0.6 is 0 Å². The second-order valence-electron chi connectivity index (χ2n) is 6.12. The highest BCUT2D eigenvalue weighted by Gasteiger charge is 2.17. The summed E-state index contributed by atoms with van der Waals surface area (Å²) >= 11 is 0. The molecule has 2 unspecified atom stereocenters. The van der Waals surface area contributed by atoms with E-state index < -0.39 is 6.10 Å². The summed E-state index contributed by atoms with van der Waals surface area (Å²) in [6.07, 6.45) is 3.22. The van der Waals surface area contributed by atoms with Gasteiger partial charge in [0.15, 0.2) is 6.10 Å². The van der Waals surface area contributed by atoms with E-state index in [4.69, 9.17) is 9.84 Å². The fraction of sp³-hybridized carbons (Fsp3) is 0.421. The molecule has 1 heterocycles. The number of benzene rings is 1. The largest absolute Gasteiger partial charge is 0.481 e. The third-order valence-corrected chi connectivity index (χ3v) is 4.04. The van der Waals surface area contributed by atoms with Gasteiger partial charge < -0.3 is 19.7 Å². The van der Waals surface area contributed by atoms with Crippen molar-refractivity contribution in [1.29, 1.82) is 0 Å². The van der Waals surface area contributed by atoms with E-state index in [2.05, 4.69) is 16.0 Å². The number of ether oxygens (including phenoxy) is 1. The molecule has 1 aromatic carbocycles. The Bertz CT molecular complexity index is 666. The molecule has 0 fully saturated rings. The van der Waals surface area contributed by atoms with Gasteiger partial charge in [-0.1, -0.05) is 12.1 Å². The van der Waals surface area contributed by atoms with Gasteiger partial charge in [-0.15, -0.1) is 0 Å². The molecule has 2 N–H and O–H groups in total. The minimum absolute atomic E-state index is 0.0477. The van der Waals surface area contributed by atoms with Crippen molar-refractivity contribution in [3.63, 3.8) is 0 Å². The number of rotatable bonds is 8. The lowest BCUT2D eigenvalue weighted by Gasteiger charge is -2.19. The zero-order chi connectivity index (χ0) is 17.5. The zero-order valence-electron chi connectivity index (χ0n) is 14.5. The molecule has 2 rings (SSSR count). The van der Waals surface area contributed by atoms with Crippen LogP contribution in [-0.4, -0.2) is 27.7 Å². The summed E-state index contributed by atoms with van der Waals surface area (Å²) in [7, 11) is 2.02. The van der Waals surface area contributed by atoms with Crippen LogP contribution in [0.25, 0.3) is 0 Å². The minimum Gasteiger partial charge on any atom is -0.481 e. The van der Waals surface area contributed by atoms with Gasteiger partial charge in [0.1, 0.15) is 5.75 Å². The van der Waals surface area contributed by atoms with E-state index in [1.54, 1.807) is 25.1 Å². The van der Waals surface area contributed by atoms with E-state index in [9.17, 15) is 4.79 Å². The Labute approximate surface area is 143 Å². The molecule has 0 aliphatic carbocycles. The van der Waals surface area contributed by atoms with Gasteiger partial charge in [0, 0.05) is 25.0 Å². The maximum atomic E-state index is 12.2. The van der Waals surface area contributed by atoms with Crippen LogP contribution in [-0.2, 0) is 24.9 Å². The monoisotopic (exact) mass is 330 g/mol. The number of nitrogens with one attached hydrogen (secondary N) is 1. The number of nitrogens with zero attached hydrogens (tertiary/aromatic N) is 1. The smallest absolute Gasteiger partial charge is 0.260 e. The second-order valence-corrected chi connectivity index (χ2v) is 6.12. The van der Waals surface area contributed by atoms with Gasteiger partial charge in [-0.2, -0.15) is 0 Å². The first-order chi connectivity index (χ1) is 11.5. The minimum atomic E-state index is -0.587. The summed E-state index contributed by atoms with van der Waals surface area (Å²) in [4.78, 5) is 12.2. The highest BCUT2D eigenvalue weighted by atomic mass is 16.5. The quantitative estimate of drug-likeness (QED) is 0.781. The van der Waals surface area contributed by atoms with Gasteiger partial charge in [-0.05, 0) is 56.5 Å². The third-order valence-electron chi connectivity index (χ3n) is 4.04. The first kappa shape index (κ1) is 18.1. The topological polar surface area (TPSA) is 63.5 Å². The number of carbonyl (C=O) groups excluding carboxylic acids is 1. The zero-order valence-corrected chi connectivity index (χ0v) is 14.5. The molecular weight excluding hydrogens is 304 g/mol. The number of amides is 1. The predicted molar refractivity (Wildman–Crippen MR) is 93.8 cm³/mol. The van der Waals surface area contributed by atoms with Crippen LogP contribution in [0.2, 0.25) is 0 Å². The van der Waals surface area contributed by atoms with Crippen molar-refractivity contribution in [2.45, 2.75) is 45.4 Å². The summed E-state index contributed by atoms with van der Waals surface area (Å²) in [6.45, 7) is 3.68. The Balaban J connectivity index is 1.80. The van der Waals surface area contributed by atoms with E-state index in [1.165, 1.54) is 5.69 Å². The van der Waals surface area contributed by atoms with Crippen LogP contribution in [0.1, 0.15) is 31.5 Å². The van der Waals surface area contributed by atoms with Crippen molar-refractivity contribution in [2.75, 3.05) is 0 Å². The van der Waals surface area contributed by atoms with E-state index in [1.807, 2.05) is 32.3 Å². The summed E-state index contributed by atoms with van der Waals surface area (Å²) in [5.74, 6) is 0.449. The molecular formula is C19H26N2O3. The third kappa shape index (κ3) is 5.13. The first-order valence-electron chi connectivity index (χ1n) is 8.26. The Kier molecular flexibility index (Phi) is 6.44. The molecule has 2 atom stereocenters. The van der Waals surface area contributed by atoms with Gasteiger partial charge >= 0.3 is 0 Å². The van der Waals surface area contributed by atoms with Crippen LogP contribution < -0.4 is 10.1 Å². The maximum absolute atomic E-state index is 12.2. The number of hydrogen-bond acceptors (Lipinski definition) is 3. The highest BCUT2D eigenvalue weighted by molar-refractivity contribution is 5.80. The molecule has 0 radical (unpaired) electrons. The van der Waals surface area contributed by atoms with Crippen molar-refractivity contribution in [3.8, 4) is 5.75 Å². The van der Waals surface area contributed by atoms with E-state index in [0.717, 1.165) is 18.4 Å². The lowest BCUT2D eigenvalue weighted by atomic mass is 10.1. The molecule has 1 amide bonds. The summed E-state index contributed by atoms with van der Waals surface area (Å²) in [6, 6.07) is 11.3. The Morgan fingerprint density at radius 1 is 1.29 bits per heavy atom. The number of aliphatic hydroxyl groups excluding tert-OH is 1. The van der Waals surface area contributed by atoms with Crippen LogP contribution in [0.15, 0.2) is 42.6 Å². The van der Waals surface area contributed by atoms with Crippen molar-refractivity contribution >= 4 is 5.91 Å². The SMILES string of the molecule is CC(CCc1cccn1C)NC(=O)C(C)Oc1cccc(CO)c1. The lowest BCUT2D eigenvalue weighted by molar-refractivity contribution is -0.127. The van der Waals surface area contributed by atoms with Gasteiger partial charge in [0.05, 0.1) is 6.61 Å². The predicted octanol–water partition coefficient (Wildman–Crippen LogP) is 2.42. The molecule has 1 aromatic heterocycles. The average molecular weight is 330 g/mol. The van der Waals surface area contributed by atoms with Crippen LogP contribution in [0.4, 0.5) is 0 Å². The van der Waals surface area contributed by atoms with Crippen molar-refractivity contribution in [1.82, 2.24) is 9.88 Å². The molecule has 2 aromatic rings. The second kappa shape index (κ2) is 8.55. The number of aryl methyl sites for hydroxylation is 2. The fourth-order valence-corrected chi connectivity index (χ4v) is 2.53. The molecule has 0 aliphatic rings. The number of aromatic nitrogens is 1. The first-order valence-corrected chi connectivity index (χ1v) is 8.26. The van der Waals surface area contributed by atoms with Crippen LogP contribution in [0.3, 0.4) is 0 Å². The number of aliphatic hydroxyl groups is 1. The number of carbonyl (C=O) groups is 1. The summed E-state index contributed by atoms with van der Waals surface area (Å²) in [5.41, 5.74) is 2.01. The van der Waals surface area contributed by atoms with Crippen molar-refractivity contribution in [3.05, 3.63) is 53.9 Å². The molecule has 5 nitrogen and oxygen atoms in total. The van der Waals surface area contributed by atoms with Gasteiger partial charge in [0.2, 0.25) is 0 Å². The van der Waals surface area contributed by atoms with Gasteiger partial charge in [0.25, 0.3) is 5.91 Å². The van der Waals surface area contributed by atoms with Gasteiger partial charge in [-0.25, -0.2) is 0 Å². The maximum Gasteiger partial charge on any atom is 0.260 e. The van der Waals surface area contributed by atoms with E-state index in [0.29, 0.717) is 5.75 Å². The summed E-state index contributed by atoms with van der Waals surface area (Å²) in [5, 5.41) is 12.1. The van der Waals surface area contributed by atoms with Crippen molar-refractivity contribution < 1.29 is 14.6 Å². The Morgan fingerprint density at radius 3 is 2.75 bits per heavy atom. The number of hydrogen-bond donors (Lipinski definition) is 2. The molecule has 24 heavy (non-hydrogen) atoms. The lowest BCUT2D eigenvalue weighted by Crippen LogP contribution is -2.41. The van der Waals surface area contributed by atoms with Crippen LogP contribution in [0.5, 0.6) is 5.75 Å². The molecule has 130 valence electrons. The van der Waals surface area contributed by atoms with Crippen molar-refractivity contribution in [2.24, 2.45) is 7.05 Å². The standard InChI is InChI=1S/C19H26N2O3/c1-14(9-10-17-7-5-11-21(17)3)20-19(23)15(2)24-18-8-4-6-16(12-18)13-22/h4-8,11-12,14-15,22H,9-10,13H2,1-3H3,(H,20,23). The Hall–Kier alpha value is -2.27. The van der Waals surface area contributed by atoms with E-state index >= 15 is 0 Å². The molecule has 0 saturated carbocycles. The molecule has 5 heteroatoms. The molecule has 0 spiro atoms. The van der Waals surface area contributed by atoms with Crippen LogP contribution in [0, 0.1) is 0 Å². The molecule has 0 bridgehead atoms. The average Bonchev–Trinajstić information content (AvgIpc) is 2.98. The molecule has 0 aliphatic heterocycles. The molecule has 0 saturated heterocycles.